The highest BCUT2D eigenvalue weighted by Crippen LogP contribution is 2.60. The van der Waals surface area contributed by atoms with E-state index in [1.54, 1.807) is 7.11 Å². The van der Waals surface area contributed by atoms with Crippen LogP contribution in [-0.2, 0) is 15.0 Å². The summed E-state index contributed by atoms with van der Waals surface area (Å²) >= 11 is 1.53. The molecule has 2 aromatic rings. The minimum atomic E-state index is -0.646. The first kappa shape index (κ1) is 19.3. The van der Waals surface area contributed by atoms with Crippen LogP contribution in [0.15, 0.2) is 34.8 Å². The SMILES string of the molecule is COc1ccccc1C1=NOC(C(=O)Nc2nc(C34CC5CC(CC(C5)C3)C4)cs2)C1. The summed E-state index contributed by atoms with van der Waals surface area (Å²) in [6.07, 6.45) is 7.85. The van der Waals surface area contributed by atoms with Gasteiger partial charge in [0.2, 0.25) is 6.10 Å². The molecule has 1 aromatic heterocycles. The Bertz CT molecular complexity index is 1010. The lowest BCUT2D eigenvalue weighted by Crippen LogP contribution is -2.48. The molecule has 2 heterocycles. The molecule has 4 saturated carbocycles. The summed E-state index contributed by atoms with van der Waals surface area (Å²) in [7, 11) is 1.63. The zero-order valence-corrected chi connectivity index (χ0v) is 18.5. The van der Waals surface area contributed by atoms with Gasteiger partial charge in [0, 0.05) is 22.8 Å². The first-order chi connectivity index (χ1) is 15.1. The molecule has 0 saturated heterocycles. The Morgan fingerprint density at radius 2 is 1.87 bits per heavy atom. The quantitative estimate of drug-likeness (QED) is 0.733. The molecule has 0 radical (unpaired) electrons. The molecule has 31 heavy (non-hydrogen) atoms. The number of hydrogen-bond donors (Lipinski definition) is 1. The number of nitrogens with zero attached hydrogens (tertiary/aromatic N) is 2. The van der Waals surface area contributed by atoms with Gasteiger partial charge in [0.05, 0.1) is 18.5 Å². The second kappa shape index (κ2) is 7.33. The van der Waals surface area contributed by atoms with Crippen molar-refractivity contribution in [3.05, 3.63) is 40.9 Å². The molecule has 4 bridgehead atoms. The zero-order chi connectivity index (χ0) is 21.0. The van der Waals surface area contributed by atoms with E-state index in [2.05, 4.69) is 15.9 Å². The largest absolute Gasteiger partial charge is 0.496 e. The van der Waals surface area contributed by atoms with E-state index >= 15 is 0 Å². The summed E-state index contributed by atoms with van der Waals surface area (Å²) in [4.78, 5) is 23.2. The number of hydrogen-bond acceptors (Lipinski definition) is 6. The van der Waals surface area contributed by atoms with E-state index in [0.29, 0.717) is 11.6 Å². The molecule has 7 heteroatoms. The van der Waals surface area contributed by atoms with Crippen LogP contribution in [0.4, 0.5) is 5.13 Å². The summed E-state index contributed by atoms with van der Waals surface area (Å²) in [5, 5.41) is 9.97. The van der Waals surface area contributed by atoms with Crippen molar-refractivity contribution in [3.8, 4) is 5.75 Å². The minimum Gasteiger partial charge on any atom is -0.496 e. The van der Waals surface area contributed by atoms with Crippen molar-refractivity contribution in [2.75, 3.05) is 12.4 Å². The number of methoxy groups -OCH3 is 1. The van der Waals surface area contributed by atoms with Gasteiger partial charge in [0.15, 0.2) is 5.13 Å². The highest BCUT2D eigenvalue weighted by atomic mass is 32.1. The molecular weight excluding hydrogens is 410 g/mol. The van der Waals surface area contributed by atoms with Crippen LogP contribution in [0.5, 0.6) is 5.75 Å². The van der Waals surface area contributed by atoms with Gasteiger partial charge in [-0.05, 0) is 68.4 Å². The molecule has 1 amide bonds. The standard InChI is InChI=1S/C24H27N3O3S/c1-29-19-5-3-2-4-17(19)18-9-20(30-27-18)22(28)26-23-25-21(13-31-23)24-10-14-6-15(11-24)8-16(7-14)12-24/h2-5,13-16,20H,6-12H2,1H3,(H,25,26,28). The lowest BCUT2D eigenvalue weighted by atomic mass is 9.49. The number of aromatic nitrogens is 1. The van der Waals surface area contributed by atoms with Crippen molar-refractivity contribution >= 4 is 28.1 Å². The van der Waals surface area contributed by atoms with Gasteiger partial charge in [0.1, 0.15) is 5.75 Å². The van der Waals surface area contributed by atoms with E-state index in [9.17, 15) is 4.79 Å². The first-order valence-corrected chi connectivity index (χ1v) is 12.1. The maximum atomic E-state index is 12.8. The predicted molar refractivity (Wildman–Crippen MR) is 120 cm³/mol. The monoisotopic (exact) mass is 437 g/mol. The van der Waals surface area contributed by atoms with Crippen molar-refractivity contribution in [2.45, 2.75) is 56.5 Å². The minimum absolute atomic E-state index is 0.194. The van der Waals surface area contributed by atoms with Gasteiger partial charge in [-0.3, -0.25) is 10.1 Å². The fourth-order valence-electron chi connectivity index (χ4n) is 6.75. The van der Waals surface area contributed by atoms with Gasteiger partial charge in [-0.1, -0.05) is 17.3 Å². The Hall–Kier alpha value is -2.41. The molecule has 0 spiro atoms. The number of thiazole rings is 1. The zero-order valence-electron chi connectivity index (χ0n) is 17.7. The van der Waals surface area contributed by atoms with Crippen molar-refractivity contribution in [2.24, 2.45) is 22.9 Å². The van der Waals surface area contributed by atoms with Gasteiger partial charge in [0.25, 0.3) is 5.91 Å². The third-order valence-electron chi connectivity index (χ3n) is 7.70. The van der Waals surface area contributed by atoms with Crippen LogP contribution in [-0.4, -0.2) is 29.8 Å². The van der Waals surface area contributed by atoms with Crippen LogP contribution in [0.3, 0.4) is 0 Å². The molecule has 1 N–H and O–H groups in total. The molecule has 6 nitrogen and oxygen atoms in total. The average Bonchev–Trinajstić information content (AvgIpc) is 3.43. The van der Waals surface area contributed by atoms with Crippen molar-refractivity contribution in [1.82, 2.24) is 4.98 Å². The van der Waals surface area contributed by atoms with Crippen LogP contribution in [0, 0.1) is 17.8 Å². The Balaban J connectivity index is 1.13. The van der Waals surface area contributed by atoms with Crippen LogP contribution >= 0.6 is 11.3 Å². The van der Waals surface area contributed by atoms with Crippen LogP contribution in [0.25, 0.3) is 0 Å². The number of ether oxygens (including phenoxy) is 1. The Kier molecular flexibility index (Phi) is 4.56. The topological polar surface area (TPSA) is 72.8 Å². The molecule has 162 valence electrons. The number of benzene rings is 1. The molecule has 1 unspecified atom stereocenters. The normalized spacial score (nSPS) is 33.1. The summed E-state index contributed by atoms with van der Waals surface area (Å²) in [5.74, 6) is 3.17. The van der Waals surface area contributed by atoms with Gasteiger partial charge < -0.3 is 9.57 Å². The lowest BCUT2D eigenvalue weighted by Gasteiger charge is -2.56. The number of oxime groups is 1. The number of carbonyl (C=O) groups is 1. The summed E-state index contributed by atoms with van der Waals surface area (Å²) in [6, 6.07) is 7.65. The predicted octanol–water partition coefficient (Wildman–Crippen LogP) is 4.75. The molecule has 1 aliphatic heterocycles. The second-order valence-corrected chi connectivity index (χ2v) is 10.6. The second-order valence-electron chi connectivity index (χ2n) is 9.76. The smallest absolute Gasteiger partial charge is 0.270 e. The van der Waals surface area contributed by atoms with Gasteiger partial charge in [-0.2, -0.15) is 0 Å². The Labute approximate surface area is 186 Å². The molecule has 4 fully saturated rings. The van der Waals surface area contributed by atoms with E-state index in [4.69, 9.17) is 14.6 Å². The molecule has 5 aliphatic rings. The first-order valence-electron chi connectivity index (χ1n) is 11.2. The summed E-state index contributed by atoms with van der Waals surface area (Å²) in [6.45, 7) is 0. The van der Waals surface area contributed by atoms with E-state index in [-0.39, 0.29) is 11.3 Å². The molecular formula is C24H27N3O3S. The van der Waals surface area contributed by atoms with Gasteiger partial charge >= 0.3 is 0 Å². The van der Waals surface area contributed by atoms with E-state index in [1.165, 1.54) is 55.6 Å². The van der Waals surface area contributed by atoms with Crippen molar-refractivity contribution in [3.63, 3.8) is 0 Å². The summed E-state index contributed by atoms with van der Waals surface area (Å²) in [5.41, 5.74) is 3.04. The van der Waals surface area contributed by atoms with E-state index in [1.807, 2.05) is 24.3 Å². The van der Waals surface area contributed by atoms with Gasteiger partial charge in [-0.15, -0.1) is 11.3 Å². The van der Waals surface area contributed by atoms with Crippen molar-refractivity contribution < 1.29 is 14.4 Å². The van der Waals surface area contributed by atoms with E-state index in [0.717, 1.165) is 34.8 Å². The number of para-hydroxylation sites is 1. The number of carbonyl (C=O) groups excluding carboxylic acids is 1. The fourth-order valence-corrected chi connectivity index (χ4v) is 7.58. The number of amides is 1. The highest BCUT2D eigenvalue weighted by molar-refractivity contribution is 7.14. The Morgan fingerprint density at radius 1 is 1.16 bits per heavy atom. The maximum Gasteiger partial charge on any atom is 0.270 e. The fraction of sp³-hybridized carbons (Fsp3) is 0.542. The van der Waals surface area contributed by atoms with Crippen LogP contribution in [0.1, 0.15) is 56.2 Å². The third kappa shape index (κ3) is 3.34. The average molecular weight is 438 g/mol. The highest BCUT2D eigenvalue weighted by Gasteiger charge is 2.52. The number of anilines is 1. The number of rotatable bonds is 5. The summed E-state index contributed by atoms with van der Waals surface area (Å²) < 4.78 is 5.41. The lowest BCUT2D eigenvalue weighted by molar-refractivity contribution is -0.125. The van der Waals surface area contributed by atoms with E-state index < -0.39 is 6.10 Å². The maximum absolute atomic E-state index is 12.8. The third-order valence-corrected chi connectivity index (χ3v) is 8.45. The van der Waals surface area contributed by atoms with Crippen LogP contribution in [0.2, 0.25) is 0 Å². The Morgan fingerprint density at radius 3 is 2.58 bits per heavy atom. The number of nitrogens with one attached hydrogen (secondary N) is 1. The van der Waals surface area contributed by atoms with Crippen molar-refractivity contribution in [1.29, 1.82) is 0 Å². The van der Waals surface area contributed by atoms with Gasteiger partial charge in [-0.25, -0.2) is 4.98 Å². The molecule has 7 rings (SSSR count). The molecule has 1 atom stereocenters. The van der Waals surface area contributed by atoms with Crippen LogP contribution < -0.4 is 10.1 Å². The molecule has 4 aliphatic carbocycles. The molecule has 1 aromatic carbocycles.